The van der Waals surface area contributed by atoms with Crippen LogP contribution in [0.3, 0.4) is 0 Å². The summed E-state index contributed by atoms with van der Waals surface area (Å²) in [4.78, 5) is 11.4. The van der Waals surface area contributed by atoms with Gasteiger partial charge in [0.05, 0.1) is 0 Å². The molecule has 0 radical (unpaired) electrons. The average molecular weight is 423 g/mol. The summed E-state index contributed by atoms with van der Waals surface area (Å²) in [5.41, 5.74) is 2.68. The van der Waals surface area contributed by atoms with Gasteiger partial charge in [0, 0.05) is 12.3 Å². The van der Waals surface area contributed by atoms with E-state index in [1.54, 1.807) is 12.5 Å². The summed E-state index contributed by atoms with van der Waals surface area (Å²) in [6.45, 7) is 6.72. The summed E-state index contributed by atoms with van der Waals surface area (Å²) in [5, 5.41) is 1.01. The minimum atomic E-state index is -0.0993. The molecule has 2 nitrogen and oxygen atoms in total. The van der Waals surface area contributed by atoms with Crippen molar-refractivity contribution < 1.29 is 9.53 Å². The summed E-state index contributed by atoms with van der Waals surface area (Å²) in [6, 6.07) is 0. The average Bonchev–Trinajstić information content (AvgIpc) is 2.92. The predicted octanol–water partition coefficient (Wildman–Crippen LogP) is 6.28. The first-order chi connectivity index (χ1) is 12.4. The van der Waals surface area contributed by atoms with Crippen LogP contribution in [0.1, 0.15) is 78.6 Å². The van der Waals surface area contributed by atoms with Gasteiger partial charge in [0.1, 0.15) is 6.10 Å². The van der Waals surface area contributed by atoms with Gasteiger partial charge in [0.15, 0.2) is 0 Å². The molecule has 0 bridgehead atoms. The fourth-order valence-electron chi connectivity index (χ4n) is 7.84. The molecule has 0 unspecified atom stereocenters. The minimum Gasteiger partial charge on any atom is -0.463 e. The van der Waals surface area contributed by atoms with Gasteiger partial charge in [0.25, 0.3) is 0 Å². The first-order valence-electron chi connectivity index (χ1n) is 10.8. The highest BCUT2D eigenvalue weighted by Crippen LogP contribution is 2.67. The molecule has 0 spiro atoms. The lowest BCUT2D eigenvalue weighted by Gasteiger charge is -2.60. The maximum atomic E-state index is 11.4. The summed E-state index contributed by atoms with van der Waals surface area (Å²) >= 11 is 3.63. The molecule has 0 amide bonds. The van der Waals surface area contributed by atoms with E-state index in [4.69, 9.17) is 4.74 Å². The van der Waals surface area contributed by atoms with Gasteiger partial charge in [0.2, 0.25) is 0 Å². The molecule has 0 aromatic heterocycles. The fourth-order valence-corrected chi connectivity index (χ4v) is 8.23. The van der Waals surface area contributed by atoms with Crippen LogP contribution in [-0.4, -0.2) is 17.4 Å². The van der Waals surface area contributed by atoms with E-state index in [-0.39, 0.29) is 12.1 Å². The SMILES string of the molecule is CC(=O)O[C@@H]1CC[C@@]2(C)[C@@H](CC[C@H]3[C@H]2CC[C@]2(C)/C(=C/CBr)CC[C@H]32)C1. The molecule has 3 heteroatoms. The van der Waals surface area contributed by atoms with Crippen molar-refractivity contribution in [2.45, 2.75) is 84.7 Å². The molecule has 0 heterocycles. The van der Waals surface area contributed by atoms with E-state index >= 15 is 0 Å². The largest absolute Gasteiger partial charge is 0.463 e. The predicted molar refractivity (Wildman–Crippen MR) is 109 cm³/mol. The molecule has 0 N–H and O–H groups in total. The number of ether oxygens (including phenoxy) is 1. The van der Waals surface area contributed by atoms with E-state index in [1.165, 1.54) is 44.9 Å². The van der Waals surface area contributed by atoms with Crippen LogP contribution < -0.4 is 0 Å². The van der Waals surface area contributed by atoms with Gasteiger partial charge in [-0.1, -0.05) is 41.4 Å². The third-order valence-electron chi connectivity index (χ3n) is 9.12. The van der Waals surface area contributed by atoms with Crippen molar-refractivity contribution in [1.29, 1.82) is 0 Å². The Kier molecular flexibility index (Phi) is 5.08. The molecule has 146 valence electrons. The van der Waals surface area contributed by atoms with Crippen molar-refractivity contribution in [1.82, 2.24) is 0 Å². The second-order valence-electron chi connectivity index (χ2n) is 10.0. The zero-order valence-electron chi connectivity index (χ0n) is 16.7. The van der Waals surface area contributed by atoms with E-state index in [0.29, 0.717) is 10.8 Å². The van der Waals surface area contributed by atoms with Crippen LogP contribution >= 0.6 is 15.9 Å². The summed E-state index contributed by atoms with van der Waals surface area (Å²) in [5.74, 6) is 3.36. The van der Waals surface area contributed by atoms with Gasteiger partial charge < -0.3 is 4.74 Å². The van der Waals surface area contributed by atoms with Crippen molar-refractivity contribution in [3.8, 4) is 0 Å². The highest BCUT2D eigenvalue weighted by molar-refractivity contribution is 9.09. The quantitative estimate of drug-likeness (QED) is 0.297. The van der Waals surface area contributed by atoms with Crippen LogP contribution in [-0.2, 0) is 9.53 Å². The number of carbonyl (C=O) groups is 1. The van der Waals surface area contributed by atoms with Crippen LogP contribution in [0.5, 0.6) is 0 Å². The lowest BCUT2D eigenvalue weighted by Crippen LogP contribution is -2.53. The second-order valence-corrected chi connectivity index (χ2v) is 10.7. The monoisotopic (exact) mass is 422 g/mol. The number of rotatable bonds is 2. The van der Waals surface area contributed by atoms with E-state index in [1.807, 2.05) is 0 Å². The molecular weight excluding hydrogens is 388 g/mol. The smallest absolute Gasteiger partial charge is 0.302 e. The lowest BCUT2D eigenvalue weighted by atomic mass is 9.45. The number of alkyl halides is 1. The first kappa shape index (κ1) is 19.0. The minimum absolute atomic E-state index is 0.0993. The molecule has 7 atom stereocenters. The topological polar surface area (TPSA) is 26.3 Å². The molecule has 0 aliphatic heterocycles. The maximum Gasteiger partial charge on any atom is 0.302 e. The molecule has 4 aliphatic rings. The van der Waals surface area contributed by atoms with Crippen LogP contribution in [0.25, 0.3) is 0 Å². The van der Waals surface area contributed by atoms with Crippen LogP contribution in [0, 0.1) is 34.5 Å². The van der Waals surface area contributed by atoms with Crippen molar-refractivity contribution in [3.63, 3.8) is 0 Å². The van der Waals surface area contributed by atoms with E-state index in [0.717, 1.165) is 41.8 Å². The number of hydrogen-bond donors (Lipinski definition) is 0. The number of hydrogen-bond acceptors (Lipinski definition) is 2. The Morgan fingerprint density at radius 3 is 2.69 bits per heavy atom. The summed E-state index contributed by atoms with van der Waals surface area (Å²) in [7, 11) is 0. The number of carbonyl (C=O) groups excluding carboxylic acids is 1. The van der Waals surface area contributed by atoms with E-state index < -0.39 is 0 Å². The Hall–Kier alpha value is -0.310. The van der Waals surface area contributed by atoms with Crippen LogP contribution in [0.4, 0.5) is 0 Å². The van der Waals surface area contributed by atoms with E-state index in [2.05, 4.69) is 35.9 Å². The Labute approximate surface area is 167 Å². The van der Waals surface area contributed by atoms with Gasteiger partial charge in [-0.05, 0) is 92.3 Å². The van der Waals surface area contributed by atoms with Crippen molar-refractivity contribution in [2.24, 2.45) is 34.5 Å². The van der Waals surface area contributed by atoms with Gasteiger partial charge in [-0.2, -0.15) is 0 Å². The zero-order chi connectivity index (χ0) is 18.5. The zero-order valence-corrected chi connectivity index (χ0v) is 18.3. The molecule has 4 fully saturated rings. The van der Waals surface area contributed by atoms with E-state index in [9.17, 15) is 4.79 Å². The van der Waals surface area contributed by atoms with Crippen molar-refractivity contribution in [2.75, 3.05) is 5.33 Å². The van der Waals surface area contributed by atoms with Gasteiger partial charge in [-0.15, -0.1) is 0 Å². The maximum absolute atomic E-state index is 11.4. The molecule has 4 aliphatic carbocycles. The van der Waals surface area contributed by atoms with Gasteiger partial charge >= 0.3 is 5.97 Å². The van der Waals surface area contributed by atoms with Gasteiger partial charge in [-0.25, -0.2) is 0 Å². The second kappa shape index (κ2) is 6.94. The lowest BCUT2D eigenvalue weighted by molar-refractivity contribution is -0.158. The first-order valence-corrected chi connectivity index (χ1v) is 11.9. The standard InChI is InChI=1S/C23H35BrO2/c1-15(25)26-18-8-11-23(3)17(14-18)4-6-19-20-7-5-16(10-13-24)22(20,2)12-9-21(19)23/h10,17-21H,4-9,11-14H2,1-3H3/b16-10+/t17-,18+,19+,20+,21+,22+,23-/m0/s1. The Balaban J connectivity index is 1.54. The molecule has 0 saturated heterocycles. The summed E-state index contributed by atoms with van der Waals surface area (Å²) < 4.78 is 5.60. The Morgan fingerprint density at radius 2 is 1.96 bits per heavy atom. The Bertz CT molecular complexity index is 599. The highest BCUT2D eigenvalue weighted by atomic mass is 79.9. The summed E-state index contributed by atoms with van der Waals surface area (Å²) in [6.07, 6.45) is 14.4. The third-order valence-corrected chi connectivity index (χ3v) is 9.45. The third kappa shape index (κ3) is 2.91. The number of halogens is 1. The molecule has 4 saturated carbocycles. The number of allylic oxidation sites excluding steroid dienone is 2. The van der Waals surface area contributed by atoms with Crippen molar-refractivity contribution >= 4 is 21.9 Å². The molecule has 4 rings (SSSR count). The fraction of sp³-hybridized carbons (Fsp3) is 0.870. The Morgan fingerprint density at radius 1 is 1.15 bits per heavy atom. The molecule has 0 aromatic rings. The molecule has 26 heavy (non-hydrogen) atoms. The van der Waals surface area contributed by atoms with Crippen LogP contribution in [0.2, 0.25) is 0 Å². The number of fused-ring (bicyclic) bond motifs is 5. The molecular formula is C23H35BrO2. The number of esters is 1. The van der Waals surface area contributed by atoms with Crippen molar-refractivity contribution in [3.05, 3.63) is 11.6 Å². The molecule has 0 aromatic carbocycles. The normalized spacial score (nSPS) is 49.2. The van der Waals surface area contributed by atoms with Crippen LogP contribution in [0.15, 0.2) is 11.6 Å². The highest BCUT2D eigenvalue weighted by Gasteiger charge is 2.59. The van der Waals surface area contributed by atoms with Gasteiger partial charge in [-0.3, -0.25) is 4.79 Å².